The molecule has 0 spiro atoms. The standard InChI is InChI=1S/C7H10ClN3O3S/c1-4(15(9,13)14)6(12)7-10-2-5(8)3-11-7/h2-4,6,12H,1H3,(H2,9,13,14)/t4-,6+/m1/s1. The van der Waals surface area contributed by atoms with Gasteiger partial charge in [-0.15, -0.1) is 0 Å². The number of aliphatic hydroxyl groups excluding tert-OH is 1. The van der Waals surface area contributed by atoms with Crippen molar-refractivity contribution >= 4 is 21.6 Å². The molecule has 1 aromatic heterocycles. The number of rotatable bonds is 3. The Labute approximate surface area is 92.2 Å². The van der Waals surface area contributed by atoms with E-state index in [-0.39, 0.29) is 5.82 Å². The van der Waals surface area contributed by atoms with Crippen LogP contribution in [0.3, 0.4) is 0 Å². The molecule has 84 valence electrons. The van der Waals surface area contributed by atoms with Gasteiger partial charge in [0.05, 0.1) is 5.02 Å². The lowest BCUT2D eigenvalue weighted by Gasteiger charge is -2.14. The van der Waals surface area contributed by atoms with E-state index in [1.165, 1.54) is 19.3 Å². The van der Waals surface area contributed by atoms with Crippen LogP contribution in [0.5, 0.6) is 0 Å². The number of nitrogens with two attached hydrogens (primary N) is 1. The summed E-state index contributed by atoms with van der Waals surface area (Å²) in [5.74, 6) is -0.0269. The van der Waals surface area contributed by atoms with Crippen LogP contribution in [0.15, 0.2) is 12.4 Å². The molecule has 8 heteroatoms. The molecule has 2 atom stereocenters. The van der Waals surface area contributed by atoms with Crippen molar-refractivity contribution in [2.45, 2.75) is 18.3 Å². The van der Waals surface area contributed by atoms with Crippen molar-refractivity contribution < 1.29 is 13.5 Å². The minimum atomic E-state index is -3.82. The Balaban J connectivity index is 2.95. The third kappa shape index (κ3) is 3.10. The summed E-state index contributed by atoms with van der Waals surface area (Å²) in [5, 5.41) is 13.6. The van der Waals surface area contributed by atoms with Crippen molar-refractivity contribution in [3.05, 3.63) is 23.2 Å². The summed E-state index contributed by atoms with van der Waals surface area (Å²) in [5.41, 5.74) is 0. The second-order valence-electron chi connectivity index (χ2n) is 3.00. The van der Waals surface area contributed by atoms with E-state index in [0.29, 0.717) is 5.02 Å². The monoisotopic (exact) mass is 251 g/mol. The molecule has 6 nitrogen and oxygen atoms in total. The Bertz CT molecular complexity index is 433. The van der Waals surface area contributed by atoms with E-state index in [1.54, 1.807) is 0 Å². The fourth-order valence-electron chi connectivity index (χ4n) is 0.865. The van der Waals surface area contributed by atoms with Gasteiger partial charge in [-0.3, -0.25) is 0 Å². The third-order valence-corrected chi connectivity index (χ3v) is 3.36. The molecule has 0 unspecified atom stereocenters. The average Bonchev–Trinajstić information content (AvgIpc) is 2.15. The summed E-state index contributed by atoms with van der Waals surface area (Å²) in [7, 11) is -3.82. The van der Waals surface area contributed by atoms with Crippen LogP contribution in [-0.2, 0) is 10.0 Å². The second kappa shape index (κ2) is 4.40. The van der Waals surface area contributed by atoms with Crippen molar-refractivity contribution in [1.82, 2.24) is 9.97 Å². The van der Waals surface area contributed by atoms with Crippen molar-refractivity contribution in [2.24, 2.45) is 5.14 Å². The van der Waals surface area contributed by atoms with E-state index in [1.807, 2.05) is 0 Å². The highest BCUT2D eigenvalue weighted by Crippen LogP contribution is 2.17. The maximum atomic E-state index is 10.9. The lowest BCUT2D eigenvalue weighted by atomic mass is 10.2. The van der Waals surface area contributed by atoms with Crippen LogP contribution in [0, 0.1) is 0 Å². The Hall–Kier alpha value is -0.760. The van der Waals surface area contributed by atoms with Gasteiger partial charge < -0.3 is 5.11 Å². The van der Waals surface area contributed by atoms with Gasteiger partial charge in [-0.05, 0) is 6.92 Å². The average molecular weight is 252 g/mol. The molecule has 0 aliphatic carbocycles. The molecule has 0 bridgehead atoms. The molecule has 0 radical (unpaired) electrons. The number of sulfonamides is 1. The van der Waals surface area contributed by atoms with Gasteiger partial charge in [0.2, 0.25) is 10.0 Å². The van der Waals surface area contributed by atoms with Crippen molar-refractivity contribution in [3.8, 4) is 0 Å². The smallest absolute Gasteiger partial charge is 0.214 e. The molecule has 0 aliphatic heterocycles. The molecular weight excluding hydrogens is 242 g/mol. The quantitative estimate of drug-likeness (QED) is 0.776. The maximum absolute atomic E-state index is 10.9. The normalized spacial score (nSPS) is 16.0. The molecule has 15 heavy (non-hydrogen) atoms. The zero-order chi connectivity index (χ0) is 11.6. The third-order valence-electron chi connectivity index (χ3n) is 1.87. The Morgan fingerprint density at radius 1 is 1.47 bits per heavy atom. The van der Waals surface area contributed by atoms with Gasteiger partial charge >= 0.3 is 0 Å². The number of nitrogens with zero attached hydrogens (tertiary/aromatic N) is 2. The van der Waals surface area contributed by atoms with Crippen LogP contribution in [0.4, 0.5) is 0 Å². The number of halogens is 1. The van der Waals surface area contributed by atoms with Crippen LogP contribution in [0.1, 0.15) is 18.9 Å². The van der Waals surface area contributed by atoms with Crippen molar-refractivity contribution in [1.29, 1.82) is 0 Å². The van der Waals surface area contributed by atoms with Crippen LogP contribution in [0.2, 0.25) is 5.02 Å². The first-order valence-electron chi connectivity index (χ1n) is 3.99. The summed E-state index contributed by atoms with van der Waals surface area (Å²) in [6, 6.07) is 0. The van der Waals surface area contributed by atoms with Gasteiger partial charge in [-0.25, -0.2) is 23.5 Å². The van der Waals surface area contributed by atoms with Gasteiger partial charge in [0.15, 0.2) is 5.82 Å². The number of primary sulfonamides is 1. The summed E-state index contributed by atoms with van der Waals surface area (Å²) in [4.78, 5) is 7.40. The first-order chi connectivity index (χ1) is 6.82. The molecular formula is C7H10ClN3O3S. The number of hydrogen-bond donors (Lipinski definition) is 2. The van der Waals surface area contributed by atoms with E-state index in [9.17, 15) is 13.5 Å². The zero-order valence-corrected chi connectivity index (χ0v) is 9.40. The topological polar surface area (TPSA) is 106 Å². The van der Waals surface area contributed by atoms with E-state index in [0.717, 1.165) is 0 Å². The lowest BCUT2D eigenvalue weighted by Crippen LogP contribution is -2.32. The Kier molecular flexibility index (Phi) is 3.61. The minimum absolute atomic E-state index is 0.0269. The van der Waals surface area contributed by atoms with Crippen LogP contribution >= 0.6 is 11.6 Å². The van der Waals surface area contributed by atoms with E-state index < -0.39 is 21.4 Å². The van der Waals surface area contributed by atoms with Gasteiger partial charge in [0.1, 0.15) is 11.4 Å². The maximum Gasteiger partial charge on any atom is 0.214 e. The van der Waals surface area contributed by atoms with Gasteiger partial charge in [0.25, 0.3) is 0 Å². The predicted molar refractivity (Wildman–Crippen MR) is 54.6 cm³/mol. The summed E-state index contributed by atoms with van der Waals surface area (Å²) in [6.45, 7) is 1.28. The molecule has 1 aromatic rings. The second-order valence-corrected chi connectivity index (χ2v) is 5.36. The van der Waals surface area contributed by atoms with Crippen molar-refractivity contribution in [3.63, 3.8) is 0 Å². The number of aliphatic hydroxyl groups is 1. The molecule has 0 amide bonds. The zero-order valence-electron chi connectivity index (χ0n) is 7.83. The van der Waals surface area contributed by atoms with Crippen molar-refractivity contribution in [2.75, 3.05) is 0 Å². The highest BCUT2D eigenvalue weighted by atomic mass is 35.5. The molecule has 0 aromatic carbocycles. The minimum Gasteiger partial charge on any atom is -0.384 e. The van der Waals surface area contributed by atoms with E-state index >= 15 is 0 Å². The summed E-state index contributed by atoms with van der Waals surface area (Å²) >= 11 is 5.54. The Morgan fingerprint density at radius 2 is 1.93 bits per heavy atom. The van der Waals surface area contributed by atoms with Gasteiger partial charge in [-0.2, -0.15) is 0 Å². The van der Waals surface area contributed by atoms with Crippen LogP contribution in [0.25, 0.3) is 0 Å². The first kappa shape index (κ1) is 12.3. The highest BCUT2D eigenvalue weighted by Gasteiger charge is 2.27. The predicted octanol–water partition coefficient (Wildman–Crippen LogP) is -0.160. The lowest BCUT2D eigenvalue weighted by molar-refractivity contribution is 0.166. The SMILES string of the molecule is C[C@H]([C@H](O)c1ncc(Cl)cn1)S(N)(=O)=O. The highest BCUT2D eigenvalue weighted by molar-refractivity contribution is 7.89. The first-order valence-corrected chi connectivity index (χ1v) is 5.98. The fourth-order valence-corrected chi connectivity index (χ4v) is 1.44. The van der Waals surface area contributed by atoms with Gasteiger partial charge in [-0.1, -0.05) is 11.6 Å². The molecule has 0 aliphatic rings. The Morgan fingerprint density at radius 3 is 2.33 bits per heavy atom. The molecule has 3 N–H and O–H groups in total. The van der Waals surface area contributed by atoms with Crippen LogP contribution in [-0.4, -0.2) is 28.7 Å². The largest absolute Gasteiger partial charge is 0.384 e. The molecule has 1 heterocycles. The summed E-state index contributed by atoms with van der Waals surface area (Å²) in [6.07, 6.45) is 1.17. The molecule has 0 saturated carbocycles. The molecule has 0 fully saturated rings. The summed E-state index contributed by atoms with van der Waals surface area (Å²) < 4.78 is 21.9. The molecule has 1 rings (SSSR count). The van der Waals surface area contributed by atoms with E-state index in [4.69, 9.17) is 16.7 Å². The fraction of sp³-hybridized carbons (Fsp3) is 0.429. The number of hydrogen-bond acceptors (Lipinski definition) is 5. The molecule has 0 saturated heterocycles. The van der Waals surface area contributed by atoms with Crippen LogP contribution < -0.4 is 5.14 Å². The number of aromatic nitrogens is 2. The van der Waals surface area contributed by atoms with E-state index in [2.05, 4.69) is 9.97 Å². The van der Waals surface area contributed by atoms with Gasteiger partial charge in [0, 0.05) is 12.4 Å².